The first-order chi connectivity index (χ1) is 10.1. The van der Waals surface area contributed by atoms with E-state index < -0.39 is 0 Å². The fourth-order valence-electron chi connectivity index (χ4n) is 3.44. The minimum absolute atomic E-state index is 0.0156. The third-order valence-corrected chi connectivity index (χ3v) is 4.63. The van der Waals surface area contributed by atoms with Gasteiger partial charge in [-0.3, -0.25) is 9.69 Å². The van der Waals surface area contributed by atoms with Crippen LogP contribution in [-0.2, 0) is 0 Å². The number of ether oxygens (including phenoxy) is 1. The number of hydrogen-bond acceptors (Lipinski definition) is 4. The van der Waals surface area contributed by atoms with Gasteiger partial charge in [0, 0.05) is 25.2 Å². The van der Waals surface area contributed by atoms with Crippen LogP contribution in [0, 0.1) is 0 Å². The van der Waals surface area contributed by atoms with Crippen molar-refractivity contribution in [2.75, 3.05) is 26.7 Å². The van der Waals surface area contributed by atoms with E-state index in [1.54, 1.807) is 19.2 Å². The summed E-state index contributed by atoms with van der Waals surface area (Å²) in [5.74, 6) is 0.496. The average molecular weight is 290 g/mol. The molecule has 0 aliphatic carbocycles. The number of rotatable bonds is 2. The maximum absolute atomic E-state index is 12.8. The van der Waals surface area contributed by atoms with Gasteiger partial charge in [-0.1, -0.05) is 0 Å². The highest BCUT2D eigenvalue weighted by Gasteiger charge is 2.37. The number of phenols is 1. The van der Waals surface area contributed by atoms with E-state index >= 15 is 0 Å². The molecule has 1 aromatic rings. The van der Waals surface area contributed by atoms with Crippen LogP contribution in [0.2, 0.25) is 0 Å². The third-order valence-electron chi connectivity index (χ3n) is 4.63. The second-order valence-corrected chi connectivity index (χ2v) is 5.98. The number of piperazine rings is 1. The maximum atomic E-state index is 12.8. The zero-order chi connectivity index (χ0) is 15.0. The van der Waals surface area contributed by atoms with Crippen molar-refractivity contribution < 1.29 is 14.6 Å². The summed E-state index contributed by atoms with van der Waals surface area (Å²) in [5.41, 5.74) is 0.327. The Morgan fingerprint density at radius 3 is 2.95 bits per heavy atom. The molecule has 0 aromatic heterocycles. The maximum Gasteiger partial charge on any atom is 0.258 e. The number of carbonyl (C=O) groups excluding carboxylic acids is 1. The van der Waals surface area contributed by atoms with Crippen molar-refractivity contribution in [3.05, 3.63) is 23.8 Å². The average Bonchev–Trinajstić information content (AvgIpc) is 2.93. The lowest BCUT2D eigenvalue weighted by molar-refractivity contribution is 0.0393. The molecule has 0 saturated carbocycles. The van der Waals surface area contributed by atoms with E-state index in [-0.39, 0.29) is 17.7 Å². The molecule has 2 aliphatic heterocycles. The minimum Gasteiger partial charge on any atom is -0.507 e. The van der Waals surface area contributed by atoms with Gasteiger partial charge in [0.2, 0.25) is 0 Å². The first-order valence-electron chi connectivity index (χ1n) is 7.52. The molecule has 1 amide bonds. The van der Waals surface area contributed by atoms with Crippen molar-refractivity contribution in [1.82, 2.24) is 9.80 Å². The quantitative estimate of drug-likeness (QED) is 0.901. The van der Waals surface area contributed by atoms with Gasteiger partial charge in [0.15, 0.2) is 0 Å². The first-order valence-corrected chi connectivity index (χ1v) is 7.52. The Bertz CT molecular complexity index is 546. The summed E-state index contributed by atoms with van der Waals surface area (Å²) in [6, 6.07) is 5.42. The summed E-state index contributed by atoms with van der Waals surface area (Å²) in [6.07, 6.45) is 2.37. The summed E-state index contributed by atoms with van der Waals surface area (Å²) < 4.78 is 5.15. The van der Waals surface area contributed by atoms with Crippen molar-refractivity contribution in [1.29, 1.82) is 0 Å². The SMILES string of the molecule is COc1ccc(O)c(C(=O)N2CC3CCCN3CC2C)c1. The van der Waals surface area contributed by atoms with Gasteiger partial charge < -0.3 is 14.7 Å². The van der Waals surface area contributed by atoms with Crippen molar-refractivity contribution >= 4 is 5.91 Å². The van der Waals surface area contributed by atoms with E-state index in [0.717, 1.165) is 26.1 Å². The van der Waals surface area contributed by atoms with Crippen LogP contribution in [0.15, 0.2) is 18.2 Å². The molecule has 5 nitrogen and oxygen atoms in total. The van der Waals surface area contributed by atoms with Gasteiger partial charge in [-0.25, -0.2) is 0 Å². The van der Waals surface area contributed by atoms with Crippen molar-refractivity contribution in [2.24, 2.45) is 0 Å². The number of benzene rings is 1. The molecule has 2 aliphatic rings. The summed E-state index contributed by atoms with van der Waals surface area (Å²) in [4.78, 5) is 17.1. The first kappa shape index (κ1) is 14.2. The summed E-state index contributed by atoms with van der Waals surface area (Å²) in [7, 11) is 1.56. The molecule has 2 heterocycles. The third kappa shape index (κ3) is 2.58. The van der Waals surface area contributed by atoms with Crippen LogP contribution >= 0.6 is 0 Å². The Balaban J connectivity index is 1.84. The molecule has 21 heavy (non-hydrogen) atoms. The van der Waals surface area contributed by atoms with Crippen LogP contribution in [0.25, 0.3) is 0 Å². The van der Waals surface area contributed by atoms with Crippen molar-refractivity contribution in [3.8, 4) is 11.5 Å². The predicted molar refractivity (Wildman–Crippen MR) is 79.8 cm³/mol. The monoisotopic (exact) mass is 290 g/mol. The Morgan fingerprint density at radius 2 is 2.19 bits per heavy atom. The number of amides is 1. The number of methoxy groups -OCH3 is 1. The number of nitrogens with zero attached hydrogens (tertiary/aromatic N) is 2. The largest absolute Gasteiger partial charge is 0.507 e. The Hall–Kier alpha value is -1.75. The Morgan fingerprint density at radius 1 is 1.38 bits per heavy atom. The van der Waals surface area contributed by atoms with E-state index in [2.05, 4.69) is 11.8 Å². The van der Waals surface area contributed by atoms with E-state index in [9.17, 15) is 9.90 Å². The van der Waals surface area contributed by atoms with Crippen LogP contribution < -0.4 is 4.74 Å². The second-order valence-electron chi connectivity index (χ2n) is 5.98. The van der Waals surface area contributed by atoms with Gasteiger partial charge in [0.05, 0.1) is 12.7 Å². The molecular formula is C16H22N2O3. The number of phenolic OH excluding ortho intramolecular Hbond substituents is 1. The van der Waals surface area contributed by atoms with Gasteiger partial charge in [0.1, 0.15) is 11.5 Å². The lowest BCUT2D eigenvalue weighted by atomic mass is 10.1. The highest BCUT2D eigenvalue weighted by atomic mass is 16.5. The van der Waals surface area contributed by atoms with Crippen molar-refractivity contribution in [3.63, 3.8) is 0 Å². The number of hydrogen-bond donors (Lipinski definition) is 1. The van der Waals surface area contributed by atoms with Crippen LogP contribution in [-0.4, -0.2) is 59.6 Å². The molecule has 0 bridgehead atoms. The summed E-state index contributed by atoms with van der Waals surface area (Å²) in [5, 5.41) is 9.99. The minimum atomic E-state index is -0.106. The molecule has 0 radical (unpaired) electrons. The second kappa shape index (κ2) is 5.56. The van der Waals surface area contributed by atoms with Crippen LogP contribution in [0.4, 0.5) is 0 Å². The fraction of sp³-hybridized carbons (Fsp3) is 0.562. The van der Waals surface area contributed by atoms with E-state index in [1.165, 1.54) is 12.5 Å². The molecule has 2 saturated heterocycles. The zero-order valence-electron chi connectivity index (χ0n) is 12.6. The summed E-state index contributed by atoms with van der Waals surface area (Å²) >= 11 is 0. The smallest absolute Gasteiger partial charge is 0.258 e. The van der Waals surface area contributed by atoms with Gasteiger partial charge >= 0.3 is 0 Å². The molecule has 3 rings (SSSR count). The lowest BCUT2D eigenvalue weighted by Crippen LogP contribution is -2.56. The predicted octanol–water partition coefficient (Wildman–Crippen LogP) is 1.71. The Labute approximate surface area is 125 Å². The van der Waals surface area contributed by atoms with Gasteiger partial charge in [-0.15, -0.1) is 0 Å². The number of carbonyl (C=O) groups is 1. The lowest BCUT2D eigenvalue weighted by Gasteiger charge is -2.42. The molecule has 2 atom stereocenters. The van der Waals surface area contributed by atoms with Gasteiger partial charge in [-0.05, 0) is 44.5 Å². The van der Waals surface area contributed by atoms with Crippen molar-refractivity contribution in [2.45, 2.75) is 31.8 Å². The molecule has 5 heteroatoms. The molecule has 2 unspecified atom stereocenters. The molecule has 1 N–H and O–H groups in total. The van der Waals surface area contributed by atoms with Gasteiger partial charge in [0.25, 0.3) is 5.91 Å². The standard InChI is InChI=1S/C16H22N2O3/c1-11-9-17-7-3-4-12(17)10-18(11)16(20)14-8-13(21-2)5-6-15(14)19/h5-6,8,11-12,19H,3-4,7,9-10H2,1-2H3. The van der Waals surface area contributed by atoms with E-state index in [4.69, 9.17) is 4.74 Å². The highest BCUT2D eigenvalue weighted by Crippen LogP contribution is 2.29. The summed E-state index contributed by atoms with van der Waals surface area (Å²) in [6.45, 7) is 4.88. The van der Waals surface area contributed by atoms with Gasteiger partial charge in [-0.2, -0.15) is 0 Å². The molecule has 114 valence electrons. The fourth-order valence-corrected chi connectivity index (χ4v) is 3.44. The molecule has 2 fully saturated rings. The highest BCUT2D eigenvalue weighted by molar-refractivity contribution is 5.97. The molecular weight excluding hydrogens is 268 g/mol. The van der Waals surface area contributed by atoms with Crippen LogP contribution in [0.1, 0.15) is 30.1 Å². The molecule has 1 aromatic carbocycles. The van der Waals surface area contributed by atoms with Crippen LogP contribution in [0.5, 0.6) is 11.5 Å². The molecule has 0 spiro atoms. The topological polar surface area (TPSA) is 53.0 Å². The van der Waals surface area contributed by atoms with Crippen LogP contribution in [0.3, 0.4) is 0 Å². The number of fused-ring (bicyclic) bond motifs is 1. The van der Waals surface area contributed by atoms with E-state index in [0.29, 0.717) is 17.4 Å². The normalized spacial score (nSPS) is 25.7. The Kier molecular flexibility index (Phi) is 3.76. The zero-order valence-corrected chi connectivity index (χ0v) is 12.6. The number of aromatic hydroxyl groups is 1. The van der Waals surface area contributed by atoms with E-state index in [1.807, 2.05) is 4.90 Å².